The molecule has 0 fully saturated rings. The molecule has 106 valence electrons. The summed E-state index contributed by atoms with van der Waals surface area (Å²) in [5, 5.41) is 1.00. The number of nitrogens with zero attached hydrogens (tertiary/aromatic N) is 2. The van der Waals surface area contributed by atoms with Crippen LogP contribution in [0.15, 0.2) is 48.5 Å². The van der Waals surface area contributed by atoms with E-state index in [2.05, 4.69) is 29.9 Å². The largest absolute Gasteiger partial charge is 0.438 e. The second-order valence-electron chi connectivity index (χ2n) is 5.39. The lowest BCUT2D eigenvalue weighted by Crippen LogP contribution is -1.99. The zero-order chi connectivity index (χ0) is 14.8. The predicted molar refractivity (Wildman–Crippen MR) is 84.9 cm³/mol. The highest BCUT2D eigenvalue weighted by Crippen LogP contribution is 2.33. The fraction of sp³-hybridized carbons (Fsp3) is 0.222. The highest BCUT2D eigenvalue weighted by molar-refractivity contribution is 5.87. The molecule has 0 aliphatic heterocycles. The standard InChI is InChI=1S/C18H18N2O/c1-12(2)15-10-7-11-16-17(15)18(20-13(3)19-16)21-14-8-5-4-6-9-14/h4-12H,1-3H3. The number of ether oxygens (including phenoxy) is 1. The van der Waals surface area contributed by atoms with Crippen LogP contribution < -0.4 is 4.74 Å². The number of benzene rings is 2. The third-order valence-corrected chi connectivity index (χ3v) is 3.41. The summed E-state index contributed by atoms with van der Waals surface area (Å²) in [5.41, 5.74) is 2.14. The van der Waals surface area contributed by atoms with Crippen LogP contribution in [0.3, 0.4) is 0 Å². The first-order valence-corrected chi connectivity index (χ1v) is 7.15. The van der Waals surface area contributed by atoms with Crippen molar-refractivity contribution in [1.29, 1.82) is 0 Å². The zero-order valence-electron chi connectivity index (χ0n) is 12.5. The molecule has 0 aliphatic rings. The Morgan fingerprint density at radius 3 is 2.38 bits per heavy atom. The van der Waals surface area contributed by atoms with Crippen LogP contribution in [0, 0.1) is 6.92 Å². The number of para-hydroxylation sites is 1. The van der Waals surface area contributed by atoms with Crippen LogP contribution >= 0.6 is 0 Å². The first-order chi connectivity index (χ1) is 10.1. The number of rotatable bonds is 3. The van der Waals surface area contributed by atoms with Gasteiger partial charge in [0.1, 0.15) is 11.6 Å². The summed E-state index contributed by atoms with van der Waals surface area (Å²) in [6.45, 7) is 6.22. The van der Waals surface area contributed by atoms with Crippen molar-refractivity contribution in [2.75, 3.05) is 0 Å². The smallest absolute Gasteiger partial charge is 0.230 e. The molecule has 3 rings (SSSR count). The Balaban J connectivity index is 2.20. The fourth-order valence-corrected chi connectivity index (χ4v) is 2.44. The van der Waals surface area contributed by atoms with Crippen molar-refractivity contribution in [3.05, 3.63) is 59.9 Å². The van der Waals surface area contributed by atoms with Crippen molar-refractivity contribution in [2.24, 2.45) is 0 Å². The third-order valence-electron chi connectivity index (χ3n) is 3.41. The fourth-order valence-electron chi connectivity index (χ4n) is 2.44. The molecular weight excluding hydrogens is 260 g/mol. The molecule has 0 N–H and O–H groups in total. The summed E-state index contributed by atoms with van der Waals surface area (Å²) in [4.78, 5) is 9.04. The summed E-state index contributed by atoms with van der Waals surface area (Å²) in [6.07, 6.45) is 0. The molecule has 1 aromatic heterocycles. The van der Waals surface area contributed by atoms with E-state index in [1.165, 1.54) is 5.56 Å². The van der Waals surface area contributed by atoms with Gasteiger partial charge >= 0.3 is 0 Å². The second-order valence-corrected chi connectivity index (χ2v) is 5.39. The second kappa shape index (κ2) is 5.52. The lowest BCUT2D eigenvalue weighted by atomic mass is 9.99. The summed E-state index contributed by atoms with van der Waals surface area (Å²) in [7, 11) is 0. The van der Waals surface area contributed by atoms with Gasteiger partial charge in [0.2, 0.25) is 5.88 Å². The van der Waals surface area contributed by atoms with E-state index in [4.69, 9.17) is 4.74 Å². The average molecular weight is 278 g/mol. The molecule has 1 heterocycles. The van der Waals surface area contributed by atoms with E-state index in [-0.39, 0.29) is 0 Å². The molecule has 2 aromatic carbocycles. The Morgan fingerprint density at radius 2 is 1.67 bits per heavy atom. The minimum Gasteiger partial charge on any atom is -0.438 e. The van der Waals surface area contributed by atoms with E-state index in [1.54, 1.807) is 0 Å². The van der Waals surface area contributed by atoms with E-state index in [0.717, 1.165) is 16.7 Å². The van der Waals surface area contributed by atoms with Gasteiger partial charge in [0.05, 0.1) is 10.9 Å². The highest BCUT2D eigenvalue weighted by Gasteiger charge is 2.14. The molecule has 0 bridgehead atoms. The Kier molecular flexibility index (Phi) is 3.57. The quantitative estimate of drug-likeness (QED) is 0.686. The topological polar surface area (TPSA) is 35.0 Å². The molecular formula is C18H18N2O. The maximum atomic E-state index is 6.01. The van der Waals surface area contributed by atoms with Gasteiger partial charge in [-0.15, -0.1) is 0 Å². The van der Waals surface area contributed by atoms with Gasteiger partial charge in [0, 0.05) is 0 Å². The lowest BCUT2D eigenvalue weighted by molar-refractivity contribution is 0.466. The van der Waals surface area contributed by atoms with Crippen molar-refractivity contribution in [3.63, 3.8) is 0 Å². The predicted octanol–water partition coefficient (Wildman–Crippen LogP) is 4.85. The first kappa shape index (κ1) is 13.6. The van der Waals surface area contributed by atoms with Crippen molar-refractivity contribution in [1.82, 2.24) is 9.97 Å². The Morgan fingerprint density at radius 1 is 0.905 bits per heavy atom. The van der Waals surface area contributed by atoms with Crippen molar-refractivity contribution >= 4 is 10.9 Å². The summed E-state index contributed by atoms with van der Waals surface area (Å²) >= 11 is 0. The van der Waals surface area contributed by atoms with E-state index >= 15 is 0 Å². The van der Waals surface area contributed by atoms with Crippen LogP contribution in [0.1, 0.15) is 31.2 Å². The summed E-state index contributed by atoms with van der Waals surface area (Å²) in [5.74, 6) is 2.52. The van der Waals surface area contributed by atoms with Crippen LogP contribution in [-0.4, -0.2) is 9.97 Å². The van der Waals surface area contributed by atoms with Crippen LogP contribution in [-0.2, 0) is 0 Å². The average Bonchev–Trinajstić information content (AvgIpc) is 2.47. The van der Waals surface area contributed by atoms with Gasteiger partial charge in [-0.2, -0.15) is 4.98 Å². The Bertz CT molecular complexity index is 767. The van der Waals surface area contributed by atoms with Gasteiger partial charge in [-0.05, 0) is 36.6 Å². The molecule has 0 radical (unpaired) electrons. The Labute approximate surface area is 124 Å². The van der Waals surface area contributed by atoms with E-state index in [1.807, 2.05) is 49.4 Å². The maximum absolute atomic E-state index is 6.01. The van der Waals surface area contributed by atoms with Crippen molar-refractivity contribution in [2.45, 2.75) is 26.7 Å². The summed E-state index contributed by atoms with van der Waals surface area (Å²) in [6, 6.07) is 15.9. The monoisotopic (exact) mass is 278 g/mol. The molecule has 0 amide bonds. The first-order valence-electron chi connectivity index (χ1n) is 7.15. The molecule has 0 saturated carbocycles. The van der Waals surface area contributed by atoms with Gasteiger partial charge in [-0.1, -0.05) is 44.2 Å². The maximum Gasteiger partial charge on any atom is 0.230 e. The van der Waals surface area contributed by atoms with Crippen molar-refractivity contribution < 1.29 is 4.74 Å². The van der Waals surface area contributed by atoms with E-state index in [9.17, 15) is 0 Å². The minimum atomic E-state index is 0.387. The van der Waals surface area contributed by atoms with Crippen molar-refractivity contribution in [3.8, 4) is 11.6 Å². The molecule has 21 heavy (non-hydrogen) atoms. The van der Waals surface area contributed by atoms with Crippen LogP contribution in [0.5, 0.6) is 11.6 Å². The van der Waals surface area contributed by atoms with Gasteiger partial charge in [-0.3, -0.25) is 0 Å². The minimum absolute atomic E-state index is 0.387. The number of hydrogen-bond donors (Lipinski definition) is 0. The van der Waals surface area contributed by atoms with Gasteiger partial charge in [0.25, 0.3) is 0 Å². The number of aromatic nitrogens is 2. The van der Waals surface area contributed by atoms with Gasteiger partial charge < -0.3 is 4.74 Å². The molecule has 0 saturated heterocycles. The van der Waals surface area contributed by atoms with Gasteiger partial charge in [-0.25, -0.2) is 4.98 Å². The SMILES string of the molecule is Cc1nc(Oc2ccccc2)c2c(C(C)C)cccc2n1. The van der Waals surface area contributed by atoms with E-state index in [0.29, 0.717) is 17.6 Å². The molecule has 0 unspecified atom stereocenters. The Hall–Kier alpha value is -2.42. The van der Waals surface area contributed by atoms with Crippen LogP contribution in [0.25, 0.3) is 10.9 Å². The number of hydrogen-bond acceptors (Lipinski definition) is 3. The molecule has 3 aromatic rings. The lowest BCUT2D eigenvalue weighted by Gasteiger charge is -2.14. The molecule has 0 spiro atoms. The molecule has 3 nitrogen and oxygen atoms in total. The highest BCUT2D eigenvalue weighted by atomic mass is 16.5. The van der Waals surface area contributed by atoms with E-state index < -0.39 is 0 Å². The third kappa shape index (κ3) is 2.72. The molecule has 3 heteroatoms. The number of aryl methyl sites for hydroxylation is 1. The zero-order valence-corrected chi connectivity index (χ0v) is 12.5. The summed E-state index contributed by atoms with van der Waals surface area (Å²) < 4.78 is 6.01. The van der Waals surface area contributed by atoms with Gasteiger partial charge in [0.15, 0.2) is 0 Å². The number of fused-ring (bicyclic) bond motifs is 1. The molecule has 0 atom stereocenters. The van der Waals surface area contributed by atoms with Crippen LogP contribution in [0.4, 0.5) is 0 Å². The molecule has 0 aliphatic carbocycles. The van der Waals surface area contributed by atoms with Crippen LogP contribution in [0.2, 0.25) is 0 Å². The normalized spacial score (nSPS) is 11.0.